The van der Waals surface area contributed by atoms with Crippen molar-refractivity contribution in [1.29, 1.82) is 0 Å². The molecular formula is C20H19ClN2O2S. The van der Waals surface area contributed by atoms with E-state index >= 15 is 0 Å². The lowest BCUT2D eigenvalue weighted by Gasteiger charge is -2.16. The summed E-state index contributed by atoms with van der Waals surface area (Å²) in [6, 6.07) is 11.6. The summed E-state index contributed by atoms with van der Waals surface area (Å²) in [7, 11) is 0. The van der Waals surface area contributed by atoms with Gasteiger partial charge in [-0.25, -0.2) is 9.78 Å². The van der Waals surface area contributed by atoms with Gasteiger partial charge in [0.2, 0.25) is 0 Å². The van der Waals surface area contributed by atoms with E-state index in [0.717, 1.165) is 20.8 Å². The van der Waals surface area contributed by atoms with Gasteiger partial charge in [-0.3, -0.25) is 0 Å². The van der Waals surface area contributed by atoms with Crippen LogP contribution in [0.15, 0.2) is 46.3 Å². The summed E-state index contributed by atoms with van der Waals surface area (Å²) in [6.45, 7) is 2.13. The molecule has 4 nitrogen and oxygen atoms in total. The molecule has 0 unspecified atom stereocenters. The van der Waals surface area contributed by atoms with Gasteiger partial charge in [0.25, 0.3) is 0 Å². The smallest absolute Gasteiger partial charge is 0.354 e. The zero-order valence-corrected chi connectivity index (χ0v) is 16.0. The van der Waals surface area contributed by atoms with Crippen LogP contribution in [-0.2, 0) is 0 Å². The first kappa shape index (κ1) is 17.4. The van der Waals surface area contributed by atoms with E-state index in [1.807, 2.05) is 18.2 Å². The molecule has 6 heteroatoms. The van der Waals surface area contributed by atoms with E-state index in [1.165, 1.54) is 49.2 Å². The van der Waals surface area contributed by atoms with Crippen LogP contribution in [0.2, 0.25) is 5.02 Å². The summed E-state index contributed by atoms with van der Waals surface area (Å²) in [5.41, 5.74) is 2.41. The number of aromatic carboxylic acids is 1. The van der Waals surface area contributed by atoms with Gasteiger partial charge in [0.15, 0.2) is 0 Å². The maximum Gasteiger partial charge on any atom is 0.354 e. The minimum atomic E-state index is -1.01. The van der Waals surface area contributed by atoms with Gasteiger partial charge in [-0.05, 0) is 44.0 Å². The number of aromatic nitrogens is 2. The predicted molar refractivity (Wildman–Crippen MR) is 105 cm³/mol. The van der Waals surface area contributed by atoms with Crippen LogP contribution in [0, 0.1) is 6.92 Å². The van der Waals surface area contributed by atoms with Crippen molar-refractivity contribution in [1.82, 2.24) is 9.55 Å². The second-order valence-electron chi connectivity index (χ2n) is 6.65. The number of hydrogen-bond donors (Lipinski definition) is 1. The van der Waals surface area contributed by atoms with Crippen molar-refractivity contribution in [3.8, 4) is 0 Å². The Morgan fingerprint density at radius 3 is 2.77 bits per heavy atom. The van der Waals surface area contributed by atoms with E-state index in [1.54, 1.807) is 6.07 Å². The Kier molecular flexibility index (Phi) is 4.67. The summed E-state index contributed by atoms with van der Waals surface area (Å²) >= 11 is 7.80. The zero-order chi connectivity index (χ0) is 18.3. The molecule has 134 valence electrons. The lowest BCUT2D eigenvalue weighted by Crippen LogP contribution is -2.06. The topological polar surface area (TPSA) is 55.1 Å². The summed E-state index contributed by atoms with van der Waals surface area (Å²) in [5.74, 6) is -1.01. The molecule has 0 atom stereocenters. The van der Waals surface area contributed by atoms with E-state index in [0.29, 0.717) is 11.1 Å². The summed E-state index contributed by atoms with van der Waals surface area (Å²) in [4.78, 5) is 16.6. The molecule has 1 N–H and O–H groups in total. The van der Waals surface area contributed by atoms with Crippen LogP contribution in [0.1, 0.15) is 47.9 Å². The molecule has 1 aromatic carbocycles. The molecule has 1 saturated carbocycles. The van der Waals surface area contributed by atoms with Gasteiger partial charge in [0, 0.05) is 27.0 Å². The first-order valence-corrected chi connectivity index (χ1v) is 9.92. The number of hydrogen-bond acceptors (Lipinski definition) is 3. The number of halogens is 1. The fourth-order valence-electron chi connectivity index (χ4n) is 3.84. The number of benzene rings is 1. The van der Waals surface area contributed by atoms with Crippen molar-refractivity contribution in [2.24, 2.45) is 0 Å². The molecule has 0 spiro atoms. The number of carboxylic acid groups (broad SMARTS) is 1. The third-order valence-electron chi connectivity index (χ3n) is 4.99. The van der Waals surface area contributed by atoms with Gasteiger partial charge >= 0.3 is 5.97 Å². The third kappa shape index (κ3) is 3.10. The van der Waals surface area contributed by atoms with Gasteiger partial charge in [-0.2, -0.15) is 0 Å². The third-order valence-corrected chi connectivity index (χ3v) is 6.38. The van der Waals surface area contributed by atoms with Crippen molar-refractivity contribution < 1.29 is 9.90 Å². The molecule has 0 radical (unpaired) electrons. The molecule has 0 amide bonds. The fourth-order valence-corrected chi connectivity index (χ4v) is 5.03. The molecule has 0 aliphatic heterocycles. The maximum absolute atomic E-state index is 11.2. The molecule has 1 fully saturated rings. The van der Waals surface area contributed by atoms with Crippen LogP contribution in [0.3, 0.4) is 0 Å². The molecule has 0 saturated heterocycles. The quantitative estimate of drug-likeness (QED) is 0.600. The monoisotopic (exact) mass is 386 g/mol. The second kappa shape index (κ2) is 6.97. The largest absolute Gasteiger partial charge is 0.477 e. The van der Waals surface area contributed by atoms with Gasteiger partial charge in [-0.15, -0.1) is 0 Å². The Bertz CT molecular complexity index is 993. The Labute approximate surface area is 161 Å². The van der Waals surface area contributed by atoms with Gasteiger partial charge in [0.1, 0.15) is 10.7 Å². The minimum absolute atomic E-state index is 0.0650. The Morgan fingerprint density at radius 2 is 2.04 bits per heavy atom. The van der Waals surface area contributed by atoms with Crippen LogP contribution in [0.4, 0.5) is 0 Å². The molecule has 1 aliphatic rings. The Balaban J connectivity index is 1.83. The highest BCUT2D eigenvalue weighted by Gasteiger charge is 2.24. The predicted octanol–water partition coefficient (Wildman–Crippen LogP) is 5.96. The molecule has 3 aromatic rings. The van der Waals surface area contributed by atoms with Crippen molar-refractivity contribution >= 4 is 40.2 Å². The second-order valence-corrected chi connectivity index (χ2v) is 8.12. The average Bonchev–Trinajstić information content (AvgIpc) is 3.22. The summed E-state index contributed by atoms with van der Waals surface area (Å²) in [5, 5.41) is 11.8. The van der Waals surface area contributed by atoms with Crippen LogP contribution >= 0.6 is 23.4 Å². The van der Waals surface area contributed by atoms with E-state index in [-0.39, 0.29) is 5.69 Å². The Morgan fingerprint density at radius 1 is 1.27 bits per heavy atom. The number of pyridine rings is 1. The summed E-state index contributed by atoms with van der Waals surface area (Å²) < 4.78 is 2.41. The molecule has 26 heavy (non-hydrogen) atoms. The average molecular weight is 387 g/mol. The molecule has 2 heterocycles. The fraction of sp³-hybridized carbons (Fsp3) is 0.300. The van der Waals surface area contributed by atoms with Crippen molar-refractivity contribution in [2.75, 3.05) is 0 Å². The number of fused-ring (bicyclic) bond motifs is 1. The van der Waals surface area contributed by atoms with Crippen LogP contribution in [0.5, 0.6) is 0 Å². The first-order chi connectivity index (χ1) is 12.5. The van der Waals surface area contributed by atoms with Gasteiger partial charge < -0.3 is 9.67 Å². The van der Waals surface area contributed by atoms with Gasteiger partial charge in [-0.1, -0.05) is 48.3 Å². The molecular weight excluding hydrogens is 368 g/mol. The first-order valence-electron chi connectivity index (χ1n) is 8.73. The standard InChI is InChI=1S/C20H19ClN2O2S/c1-12-19(26-18-8-4-7-16(22-18)20(24)25)15-10-9-13(21)11-17(15)23(12)14-5-2-3-6-14/h4,7-11,14H,2-3,5-6H2,1H3,(H,24,25). The van der Waals surface area contributed by atoms with Crippen molar-refractivity contribution in [3.05, 3.63) is 52.8 Å². The van der Waals surface area contributed by atoms with Crippen LogP contribution in [0.25, 0.3) is 10.9 Å². The van der Waals surface area contributed by atoms with Crippen LogP contribution < -0.4 is 0 Å². The number of carboxylic acids is 1. The Hall–Kier alpha value is -1.98. The SMILES string of the molecule is Cc1c(Sc2cccc(C(=O)O)n2)c2ccc(Cl)cc2n1C1CCCC1. The molecule has 1 aliphatic carbocycles. The molecule has 0 bridgehead atoms. The lowest BCUT2D eigenvalue weighted by atomic mass is 10.2. The highest BCUT2D eigenvalue weighted by atomic mass is 35.5. The lowest BCUT2D eigenvalue weighted by molar-refractivity contribution is 0.0689. The molecule has 4 rings (SSSR count). The van der Waals surface area contributed by atoms with E-state index in [4.69, 9.17) is 11.6 Å². The minimum Gasteiger partial charge on any atom is -0.477 e. The highest BCUT2D eigenvalue weighted by Crippen LogP contribution is 2.43. The number of nitrogens with zero attached hydrogens (tertiary/aromatic N) is 2. The van der Waals surface area contributed by atoms with Crippen LogP contribution in [-0.4, -0.2) is 20.6 Å². The van der Waals surface area contributed by atoms with E-state index in [2.05, 4.69) is 22.5 Å². The van der Waals surface area contributed by atoms with Crippen molar-refractivity contribution in [3.63, 3.8) is 0 Å². The zero-order valence-electron chi connectivity index (χ0n) is 14.4. The maximum atomic E-state index is 11.2. The normalized spacial score (nSPS) is 15.0. The number of rotatable bonds is 4. The molecule has 2 aromatic heterocycles. The van der Waals surface area contributed by atoms with E-state index < -0.39 is 5.97 Å². The highest BCUT2D eigenvalue weighted by molar-refractivity contribution is 7.99. The number of carbonyl (C=O) groups is 1. The van der Waals surface area contributed by atoms with Crippen molar-refractivity contribution in [2.45, 2.75) is 48.6 Å². The van der Waals surface area contributed by atoms with Gasteiger partial charge in [0.05, 0.1) is 5.52 Å². The van der Waals surface area contributed by atoms with E-state index in [9.17, 15) is 9.90 Å². The summed E-state index contributed by atoms with van der Waals surface area (Å²) in [6.07, 6.45) is 4.89.